The number of halogens is 2. The van der Waals surface area contributed by atoms with E-state index in [1.807, 2.05) is 44.2 Å². The van der Waals surface area contributed by atoms with E-state index >= 15 is 0 Å². The van der Waals surface area contributed by atoms with Gasteiger partial charge in [-0.15, -0.1) is 0 Å². The highest BCUT2D eigenvalue weighted by atomic mass is 79.9. The van der Waals surface area contributed by atoms with Crippen molar-refractivity contribution in [2.24, 2.45) is 5.92 Å². The third kappa shape index (κ3) is 6.85. The molecule has 0 radical (unpaired) electrons. The normalized spacial score (nSPS) is 12.7. The molecule has 4 heteroatoms. The molecule has 0 saturated heterocycles. The molecule has 0 aliphatic rings. The maximum Gasteiger partial charge on any atom is 0.138 e. The van der Waals surface area contributed by atoms with Gasteiger partial charge in [-0.2, -0.15) is 0 Å². The lowest BCUT2D eigenvalue weighted by atomic mass is 9.95. The molecule has 0 heterocycles. The zero-order chi connectivity index (χ0) is 18.2. The minimum atomic E-state index is 0.0961. The van der Waals surface area contributed by atoms with Crippen LogP contribution in [0.15, 0.2) is 53.0 Å². The van der Waals surface area contributed by atoms with E-state index in [2.05, 4.69) is 40.2 Å². The summed E-state index contributed by atoms with van der Waals surface area (Å²) in [5.41, 5.74) is 2.28. The van der Waals surface area contributed by atoms with Gasteiger partial charge in [-0.25, -0.2) is 0 Å². The molecular weight excluding hydrogens is 400 g/mol. The van der Waals surface area contributed by atoms with E-state index < -0.39 is 0 Å². The quantitative estimate of drug-likeness (QED) is 0.552. The first-order valence-corrected chi connectivity index (χ1v) is 9.64. The summed E-state index contributed by atoms with van der Waals surface area (Å²) in [4.78, 5) is 0. The van der Waals surface area contributed by atoms with Gasteiger partial charge in [-0.3, -0.25) is 0 Å². The summed E-state index contributed by atoms with van der Waals surface area (Å²) in [6.07, 6.45) is 5.93. The van der Waals surface area contributed by atoms with Gasteiger partial charge in [0.25, 0.3) is 0 Å². The molecule has 2 aromatic rings. The third-order valence-corrected chi connectivity index (χ3v) is 4.61. The molecule has 0 spiro atoms. The smallest absolute Gasteiger partial charge is 0.138 e. The van der Waals surface area contributed by atoms with E-state index in [4.69, 9.17) is 16.3 Å². The molecule has 0 aromatic heterocycles. The van der Waals surface area contributed by atoms with Gasteiger partial charge in [0.15, 0.2) is 0 Å². The van der Waals surface area contributed by atoms with Crippen LogP contribution in [0.5, 0.6) is 5.75 Å². The van der Waals surface area contributed by atoms with Crippen molar-refractivity contribution in [3.8, 4) is 5.75 Å². The van der Waals surface area contributed by atoms with E-state index in [1.54, 1.807) is 0 Å². The van der Waals surface area contributed by atoms with Gasteiger partial charge in [0.1, 0.15) is 5.75 Å². The molecule has 2 aromatic carbocycles. The second-order valence-corrected chi connectivity index (χ2v) is 7.64. The van der Waals surface area contributed by atoms with Crippen LogP contribution < -0.4 is 4.74 Å². The lowest BCUT2D eigenvalue weighted by molar-refractivity contribution is 0.242. The number of allylic oxidation sites excluding steroid dienone is 1. The summed E-state index contributed by atoms with van der Waals surface area (Å²) in [5.74, 6) is 0.979. The Balaban J connectivity index is 2.07. The van der Waals surface area contributed by atoms with Gasteiger partial charge in [-0.1, -0.05) is 57.9 Å². The molecule has 1 atom stereocenters. The number of benzene rings is 2. The van der Waals surface area contributed by atoms with Crippen molar-refractivity contribution in [3.05, 3.63) is 69.2 Å². The van der Waals surface area contributed by atoms with Crippen molar-refractivity contribution in [3.63, 3.8) is 0 Å². The maximum atomic E-state index is 9.34. The fourth-order valence-corrected chi connectivity index (χ4v) is 3.07. The monoisotopic (exact) mass is 422 g/mol. The molecule has 134 valence electrons. The number of rotatable bonds is 8. The van der Waals surface area contributed by atoms with Crippen LogP contribution >= 0.6 is 27.5 Å². The molecule has 1 N–H and O–H groups in total. The summed E-state index contributed by atoms with van der Waals surface area (Å²) in [6.45, 7) is 4.13. The lowest BCUT2D eigenvalue weighted by Gasteiger charge is -2.13. The summed E-state index contributed by atoms with van der Waals surface area (Å²) < 4.78 is 6.73. The molecule has 2 rings (SSSR count). The van der Waals surface area contributed by atoms with E-state index in [-0.39, 0.29) is 18.6 Å². The summed E-state index contributed by atoms with van der Waals surface area (Å²) in [5, 5.41) is 9.95. The first kappa shape index (κ1) is 20.0. The zero-order valence-electron chi connectivity index (χ0n) is 14.6. The number of ether oxygens (including phenoxy) is 1. The molecule has 0 fully saturated rings. The van der Waals surface area contributed by atoms with E-state index in [1.165, 1.54) is 5.56 Å². The average Bonchev–Trinajstić information content (AvgIpc) is 2.57. The van der Waals surface area contributed by atoms with Gasteiger partial charge < -0.3 is 9.84 Å². The van der Waals surface area contributed by atoms with Gasteiger partial charge in [0.2, 0.25) is 0 Å². The van der Waals surface area contributed by atoms with Crippen molar-refractivity contribution >= 4 is 33.6 Å². The fourth-order valence-electron chi connectivity index (χ4n) is 2.57. The number of aliphatic hydroxyl groups is 1. The number of hydrogen-bond acceptors (Lipinski definition) is 2. The third-order valence-electron chi connectivity index (χ3n) is 3.79. The van der Waals surface area contributed by atoms with Crippen molar-refractivity contribution in [1.82, 2.24) is 0 Å². The predicted octanol–water partition coefficient (Wildman–Crippen LogP) is 6.14. The van der Waals surface area contributed by atoms with Crippen LogP contribution in [-0.4, -0.2) is 17.8 Å². The molecule has 0 unspecified atom stereocenters. The molecule has 0 bridgehead atoms. The zero-order valence-corrected chi connectivity index (χ0v) is 16.9. The number of aliphatic hydroxyl groups excluding tert-OH is 1. The Kier molecular flexibility index (Phi) is 8.01. The van der Waals surface area contributed by atoms with Crippen molar-refractivity contribution < 1.29 is 9.84 Å². The van der Waals surface area contributed by atoms with Gasteiger partial charge >= 0.3 is 0 Å². The SMILES string of the molecule is CC(C)Oc1ccc(C=C[C@H](CCO)Cc2ccc(Br)cc2)cc1Cl. The van der Waals surface area contributed by atoms with Crippen LogP contribution in [0.4, 0.5) is 0 Å². The minimum Gasteiger partial charge on any atom is -0.489 e. The predicted molar refractivity (Wildman–Crippen MR) is 109 cm³/mol. The second-order valence-electron chi connectivity index (χ2n) is 6.32. The van der Waals surface area contributed by atoms with Crippen LogP contribution in [0.1, 0.15) is 31.4 Å². The molecule has 2 nitrogen and oxygen atoms in total. The number of hydrogen-bond donors (Lipinski definition) is 1. The molecule has 25 heavy (non-hydrogen) atoms. The standard InChI is InChI=1S/C21H24BrClO2/c1-15(2)25-21-10-7-17(14-20(21)23)3-4-18(11-12-24)13-16-5-8-19(22)9-6-16/h3-10,14-15,18,24H,11-13H2,1-2H3/t18-/m1/s1. The Labute approximate surface area is 163 Å². The highest BCUT2D eigenvalue weighted by Gasteiger charge is 2.07. The van der Waals surface area contributed by atoms with Gasteiger partial charge in [0, 0.05) is 11.1 Å². The van der Waals surface area contributed by atoms with Crippen molar-refractivity contribution in [2.45, 2.75) is 32.8 Å². The summed E-state index contributed by atoms with van der Waals surface area (Å²) in [6, 6.07) is 14.1. The molecule has 0 saturated carbocycles. The lowest BCUT2D eigenvalue weighted by Crippen LogP contribution is -2.05. The molecule has 0 aliphatic carbocycles. The van der Waals surface area contributed by atoms with Crippen LogP contribution in [0, 0.1) is 5.92 Å². The molecule has 0 aliphatic heterocycles. The first-order valence-electron chi connectivity index (χ1n) is 8.47. The van der Waals surface area contributed by atoms with Crippen LogP contribution in [0.3, 0.4) is 0 Å². The summed E-state index contributed by atoms with van der Waals surface area (Å²) >= 11 is 9.75. The Hall–Kier alpha value is -1.29. The van der Waals surface area contributed by atoms with E-state index in [9.17, 15) is 5.11 Å². The Morgan fingerprint density at radius 2 is 1.88 bits per heavy atom. The van der Waals surface area contributed by atoms with Crippen molar-refractivity contribution in [2.75, 3.05) is 6.61 Å². The van der Waals surface area contributed by atoms with Crippen molar-refractivity contribution in [1.29, 1.82) is 0 Å². The van der Waals surface area contributed by atoms with Gasteiger partial charge in [-0.05, 0) is 68.0 Å². The van der Waals surface area contributed by atoms with E-state index in [0.29, 0.717) is 10.8 Å². The van der Waals surface area contributed by atoms with Crippen LogP contribution in [0.2, 0.25) is 5.02 Å². The topological polar surface area (TPSA) is 29.5 Å². The highest BCUT2D eigenvalue weighted by molar-refractivity contribution is 9.10. The average molecular weight is 424 g/mol. The molecular formula is C21H24BrClO2. The highest BCUT2D eigenvalue weighted by Crippen LogP contribution is 2.27. The first-order chi connectivity index (χ1) is 12.0. The largest absolute Gasteiger partial charge is 0.489 e. The Morgan fingerprint density at radius 1 is 1.16 bits per heavy atom. The maximum absolute atomic E-state index is 9.34. The Bertz CT molecular complexity index is 696. The molecule has 0 amide bonds. The van der Waals surface area contributed by atoms with Crippen LogP contribution in [-0.2, 0) is 6.42 Å². The van der Waals surface area contributed by atoms with E-state index in [0.717, 1.165) is 22.9 Å². The van der Waals surface area contributed by atoms with Crippen LogP contribution in [0.25, 0.3) is 6.08 Å². The minimum absolute atomic E-state index is 0.0961. The summed E-state index contributed by atoms with van der Waals surface area (Å²) in [7, 11) is 0. The second kappa shape index (κ2) is 10.0. The fraction of sp³-hybridized carbons (Fsp3) is 0.333. The van der Waals surface area contributed by atoms with Gasteiger partial charge in [0.05, 0.1) is 11.1 Å². The Morgan fingerprint density at radius 3 is 2.48 bits per heavy atom.